The first-order valence-electron chi connectivity index (χ1n) is 4.80. The predicted octanol–water partition coefficient (Wildman–Crippen LogP) is 1.52. The standard InChI is InChI=1S/C9H8F8O4/c1-3(5(20)21)4(19)7(12,13)9(16,17)8(14,15)6(10,11)2-18/h4,18-19H,1-2H2,(H,20,21). The fourth-order valence-corrected chi connectivity index (χ4v) is 1.05. The average molecular weight is 332 g/mol. The fraction of sp³-hybridized carbons (Fsp3) is 0.667. The zero-order valence-electron chi connectivity index (χ0n) is 9.77. The van der Waals surface area contributed by atoms with Crippen molar-refractivity contribution in [1.29, 1.82) is 0 Å². The van der Waals surface area contributed by atoms with Crippen LogP contribution in [0.25, 0.3) is 0 Å². The van der Waals surface area contributed by atoms with Gasteiger partial charge in [-0.15, -0.1) is 0 Å². The Kier molecular flexibility index (Phi) is 5.04. The van der Waals surface area contributed by atoms with Crippen molar-refractivity contribution >= 4 is 5.97 Å². The third-order valence-electron chi connectivity index (χ3n) is 2.42. The highest BCUT2D eigenvalue weighted by Crippen LogP contribution is 2.54. The molecule has 0 aromatic rings. The third-order valence-corrected chi connectivity index (χ3v) is 2.42. The van der Waals surface area contributed by atoms with Crippen molar-refractivity contribution in [2.45, 2.75) is 29.8 Å². The molecule has 0 fully saturated rings. The molecule has 0 saturated heterocycles. The Labute approximate surface area is 111 Å². The molecule has 0 saturated carbocycles. The third kappa shape index (κ3) is 2.81. The molecule has 4 nitrogen and oxygen atoms in total. The fourth-order valence-electron chi connectivity index (χ4n) is 1.05. The van der Waals surface area contributed by atoms with E-state index in [1.165, 1.54) is 0 Å². The molecule has 0 aliphatic carbocycles. The lowest BCUT2D eigenvalue weighted by Crippen LogP contribution is -2.66. The van der Waals surface area contributed by atoms with Gasteiger partial charge >= 0.3 is 29.7 Å². The van der Waals surface area contributed by atoms with E-state index in [2.05, 4.69) is 6.58 Å². The van der Waals surface area contributed by atoms with Gasteiger partial charge in [-0.1, -0.05) is 6.58 Å². The molecule has 1 atom stereocenters. The maximum Gasteiger partial charge on any atom is 0.381 e. The van der Waals surface area contributed by atoms with Crippen LogP contribution in [0.4, 0.5) is 35.1 Å². The molecule has 12 heteroatoms. The largest absolute Gasteiger partial charge is 0.478 e. The first kappa shape index (κ1) is 19.6. The molecule has 124 valence electrons. The van der Waals surface area contributed by atoms with E-state index in [4.69, 9.17) is 15.3 Å². The minimum absolute atomic E-state index is 2.01. The molecule has 0 spiro atoms. The van der Waals surface area contributed by atoms with Gasteiger partial charge in [0.25, 0.3) is 0 Å². The molecule has 0 radical (unpaired) electrons. The van der Waals surface area contributed by atoms with Gasteiger partial charge in [0.1, 0.15) is 6.61 Å². The molecule has 0 aliphatic rings. The van der Waals surface area contributed by atoms with E-state index in [0.717, 1.165) is 0 Å². The molecule has 1 unspecified atom stereocenters. The molecule has 0 rings (SSSR count). The number of hydrogen-bond donors (Lipinski definition) is 3. The molecule has 0 aliphatic heterocycles. The first-order valence-corrected chi connectivity index (χ1v) is 4.80. The van der Waals surface area contributed by atoms with Gasteiger partial charge in [0, 0.05) is 0 Å². The van der Waals surface area contributed by atoms with Crippen LogP contribution in [0.15, 0.2) is 12.2 Å². The van der Waals surface area contributed by atoms with Crippen molar-refractivity contribution in [2.75, 3.05) is 6.61 Å². The van der Waals surface area contributed by atoms with Crippen LogP contribution in [-0.2, 0) is 4.79 Å². The Balaban J connectivity index is 5.88. The number of alkyl halides is 8. The highest BCUT2D eigenvalue weighted by molar-refractivity contribution is 5.87. The Bertz CT molecular complexity index is 433. The molecule has 0 heterocycles. The van der Waals surface area contributed by atoms with Crippen LogP contribution in [0.5, 0.6) is 0 Å². The van der Waals surface area contributed by atoms with Gasteiger partial charge in [0.05, 0.1) is 5.57 Å². The quantitative estimate of drug-likeness (QED) is 0.488. The molecule has 0 amide bonds. The lowest BCUT2D eigenvalue weighted by Gasteiger charge is -2.37. The predicted molar refractivity (Wildman–Crippen MR) is 49.7 cm³/mol. The van der Waals surface area contributed by atoms with Gasteiger partial charge in [0.15, 0.2) is 6.10 Å². The Morgan fingerprint density at radius 2 is 1.38 bits per heavy atom. The number of halogens is 8. The molecule has 0 bridgehead atoms. The second-order valence-electron chi connectivity index (χ2n) is 3.87. The van der Waals surface area contributed by atoms with Crippen molar-refractivity contribution in [3.63, 3.8) is 0 Å². The van der Waals surface area contributed by atoms with Crippen LogP contribution in [0.3, 0.4) is 0 Å². The highest BCUT2D eigenvalue weighted by Gasteiger charge is 2.82. The van der Waals surface area contributed by atoms with E-state index in [1.807, 2.05) is 0 Å². The molecule has 3 N–H and O–H groups in total. The van der Waals surface area contributed by atoms with E-state index in [1.54, 1.807) is 0 Å². The second-order valence-corrected chi connectivity index (χ2v) is 3.87. The van der Waals surface area contributed by atoms with Crippen LogP contribution < -0.4 is 0 Å². The van der Waals surface area contributed by atoms with Gasteiger partial charge in [-0.3, -0.25) is 0 Å². The lowest BCUT2D eigenvalue weighted by molar-refractivity contribution is -0.380. The van der Waals surface area contributed by atoms with Crippen LogP contribution in [0, 0.1) is 0 Å². The van der Waals surface area contributed by atoms with Gasteiger partial charge in [-0.05, 0) is 0 Å². The zero-order chi connectivity index (χ0) is 17.4. The molecular weight excluding hydrogens is 324 g/mol. The monoisotopic (exact) mass is 332 g/mol. The molecular formula is C9H8F8O4. The Morgan fingerprint density at radius 1 is 1.00 bits per heavy atom. The zero-order valence-corrected chi connectivity index (χ0v) is 9.77. The molecule has 0 aromatic heterocycles. The van der Waals surface area contributed by atoms with Gasteiger partial charge in [0.2, 0.25) is 0 Å². The number of aliphatic hydroxyl groups is 2. The van der Waals surface area contributed by atoms with Crippen molar-refractivity contribution in [3.05, 3.63) is 12.2 Å². The normalized spacial score (nSPS) is 15.7. The average Bonchev–Trinajstić information content (AvgIpc) is 2.35. The van der Waals surface area contributed by atoms with Crippen molar-refractivity contribution in [3.8, 4) is 0 Å². The summed E-state index contributed by atoms with van der Waals surface area (Å²) in [6, 6.07) is 0. The number of hydrogen-bond acceptors (Lipinski definition) is 3. The first-order chi connectivity index (χ1) is 9.08. The van der Waals surface area contributed by atoms with Crippen LogP contribution in [0.1, 0.15) is 0 Å². The van der Waals surface area contributed by atoms with Crippen molar-refractivity contribution < 1.29 is 55.2 Å². The van der Waals surface area contributed by atoms with E-state index >= 15 is 0 Å². The summed E-state index contributed by atoms with van der Waals surface area (Å²) in [7, 11) is 0. The summed E-state index contributed by atoms with van der Waals surface area (Å²) in [5.74, 6) is -28.4. The number of aliphatic carboxylic acids is 1. The molecule has 21 heavy (non-hydrogen) atoms. The highest BCUT2D eigenvalue weighted by atomic mass is 19.4. The molecule has 0 aromatic carbocycles. The maximum absolute atomic E-state index is 13.1. The summed E-state index contributed by atoms with van der Waals surface area (Å²) in [6.45, 7) is -0.634. The summed E-state index contributed by atoms with van der Waals surface area (Å²) in [5, 5.41) is 24.8. The van der Waals surface area contributed by atoms with Gasteiger partial charge in [-0.25, -0.2) is 4.79 Å². The van der Waals surface area contributed by atoms with E-state index in [0.29, 0.717) is 0 Å². The number of carboxylic acid groups (broad SMARTS) is 1. The summed E-state index contributed by atoms with van der Waals surface area (Å²) < 4.78 is 103. The minimum atomic E-state index is -6.88. The van der Waals surface area contributed by atoms with E-state index < -0.39 is 47.9 Å². The smallest absolute Gasteiger partial charge is 0.381 e. The summed E-state index contributed by atoms with van der Waals surface area (Å²) in [5.41, 5.74) is -2.01. The summed E-state index contributed by atoms with van der Waals surface area (Å²) in [4.78, 5) is 10.2. The topological polar surface area (TPSA) is 77.8 Å². The van der Waals surface area contributed by atoms with Crippen LogP contribution in [-0.4, -0.2) is 57.7 Å². The number of carboxylic acids is 1. The van der Waals surface area contributed by atoms with Crippen molar-refractivity contribution in [2.24, 2.45) is 0 Å². The summed E-state index contributed by atoms with van der Waals surface area (Å²) in [6.07, 6.45) is -4.06. The van der Waals surface area contributed by atoms with Crippen molar-refractivity contribution in [1.82, 2.24) is 0 Å². The lowest BCUT2D eigenvalue weighted by atomic mass is 9.92. The minimum Gasteiger partial charge on any atom is -0.478 e. The Morgan fingerprint density at radius 3 is 1.67 bits per heavy atom. The van der Waals surface area contributed by atoms with Crippen LogP contribution >= 0.6 is 0 Å². The number of rotatable bonds is 7. The Hall–Kier alpha value is -1.43. The number of carbonyl (C=O) groups is 1. The maximum atomic E-state index is 13.1. The van der Waals surface area contributed by atoms with Gasteiger partial charge in [-0.2, -0.15) is 35.1 Å². The van der Waals surface area contributed by atoms with Gasteiger partial charge < -0.3 is 15.3 Å². The summed E-state index contributed by atoms with van der Waals surface area (Å²) >= 11 is 0. The second kappa shape index (κ2) is 5.40. The SMILES string of the molecule is C=C(C(=O)O)C(O)C(F)(F)C(F)(F)C(F)(F)C(F)(F)CO. The number of aliphatic hydroxyl groups excluding tert-OH is 2. The van der Waals surface area contributed by atoms with Crippen LogP contribution in [0.2, 0.25) is 0 Å². The van der Waals surface area contributed by atoms with E-state index in [9.17, 15) is 39.9 Å². The van der Waals surface area contributed by atoms with E-state index in [-0.39, 0.29) is 0 Å².